The number of anilines is 1. The van der Waals surface area contributed by atoms with Gasteiger partial charge in [-0.15, -0.1) is 0 Å². The van der Waals surface area contributed by atoms with E-state index in [2.05, 4.69) is 5.32 Å². The van der Waals surface area contributed by atoms with Gasteiger partial charge < -0.3 is 19.9 Å². The molecule has 1 saturated heterocycles. The Balaban J connectivity index is 1.95. The van der Waals surface area contributed by atoms with Gasteiger partial charge in [-0.25, -0.2) is 9.59 Å². The molecule has 1 aromatic carbocycles. The lowest BCUT2D eigenvalue weighted by molar-refractivity contribution is 0.125. The van der Waals surface area contributed by atoms with Crippen LogP contribution >= 0.6 is 11.6 Å². The molecule has 120 valence electrons. The topological polar surface area (TPSA) is 61.9 Å². The lowest BCUT2D eigenvalue weighted by Gasteiger charge is -2.22. The summed E-state index contributed by atoms with van der Waals surface area (Å²) in [4.78, 5) is 27.1. The van der Waals surface area contributed by atoms with Crippen LogP contribution in [0.25, 0.3) is 0 Å². The van der Waals surface area contributed by atoms with E-state index in [-0.39, 0.29) is 12.1 Å². The third-order valence-electron chi connectivity index (χ3n) is 3.64. The Labute approximate surface area is 135 Å². The first kappa shape index (κ1) is 16.4. The summed E-state index contributed by atoms with van der Waals surface area (Å²) >= 11 is 6.06. The summed E-state index contributed by atoms with van der Waals surface area (Å²) in [6.45, 7) is 4.03. The van der Waals surface area contributed by atoms with E-state index in [0.717, 1.165) is 12.0 Å². The minimum absolute atomic E-state index is 0.188. The molecule has 1 fully saturated rings. The molecule has 0 saturated carbocycles. The molecule has 0 radical (unpaired) electrons. The van der Waals surface area contributed by atoms with Crippen molar-refractivity contribution in [2.75, 3.05) is 38.6 Å². The molecule has 1 aliphatic heterocycles. The van der Waals surface area contributed by atoms with E-state index in [1.165, 1.54) is 7.11 Å². The number of amides is 3. The highest BCUT2D eigenvalue weighted by molar-refractivity contribution is 6.31. The second-order valence-electron chi connectivity index (χ2n) is 5.19. The van der Waals surface area contributed by atoms with Crippen LogP contribution in [0.4, 0.5) is 15.3 Å². The zero-order chi connectivity index (χ0) is 16.1. The number of ether oxygens (including phenoxy) is 1. The number of carbonyl (C=O) groups is 2. The molecule has 0 spiro atoms. The van der Waals surface area contributed by atoms with E-state index in [1.54, 1.807) is 15.9 Å². The minimum Gasteiger partial charge on any atom is -0.453 e. The average Bonchev–Trinajstić information content (AvgIpc) is 2.76. The minimum atomic E-state index is -0.354. The van der Waals surface area contributed by atoms with Gasteiger partial charge in [-0.05, 0) is 31.0 Å². The van der Waals surface area contributed by atoms with E-state index in [0.29, 0.717) is 36.9 Å². The molecule has 0 aliphatic carbocycles. The first-order valence-electron chi connectivity index (χ1n) is 7.16. The smallest absolute Gasteiger partial charge is 0.409 e. The van der Waals surface area contributed by atoms with Crippen LogP contribution in [-0.4, -0.2) is 55.2 Å². The second kappa shape index (κ2) is 7.35. The number of halogens is 1. The number of nitrogens with zero attached hydrogens (tertiary/aromatic N) is 2. The van der Waals surface area contributed by atoms with Gasteiger partial charge in [0.15, 0.2) is 0 Å². The molecule has 0 bridgehead atoms. The molecule has 22 heavy (non-hydrogen) atoms. The zero-order valence-corrected chi connectivity index (χ0v) is 13.5. The number of aryl methyl sites for hydroxylation is 1. The summed E-state index contributed by atoms with van der Waals surface area (Å²) in [7, 11) is 1.36. The molecule has 0 unspecified atom stereocenters. The quantitative estimate of drug-likeness (QED) is 0.863. The molecular formula is C15H20ClN3O3. The highest BCUT2D eigenvalue weighted by Crippen LogP contribution is 2.20. The molecule has 0 atom stereocenters. The zero-order valence-electron chi connectivity index (χ0n) is 12.8. The van der Waals surface area contributed by atoms with Crippen molar-refractivity contribution in [1.29, 1.82) is 0 Å². The highest BCUT2D eigenvalue weighted by Gasteiger charge is 2.22. The Morgan fingerprint density at radius 3 is 2.55 bits per heavy atom. The monoisotopic (exact) mass is 325 g/mol. The van der Waals surface area contributed by atoms with Gasteiger partial charge in [0, 0.05) is 36.9 Å². The van der Waals surface area contributed by atoms with E-state index >= 15 is 0 Å². The van der Waals surface area contributed by atoms with Crippen molar-refractivity contribution < 1.29 is 14.3 Å². The number of benzene rings is 1. The van der Waals surface area contributed by atoms with Crippen molar-refractivity contribution in [1.82, 2.24) is 9.80 Å². The van der Waals surface area contributed by atoms with Crippen molar-refractivity contribution in [2.45, 2.75) is 13.3 Å². The summed E-state index contributed by atoms with van der Waals surface area (Å²) < 4.78 is 4.71. The molecular weight excluding hydrogens is 306 g/mol. The lowest BCUT2D eigenvalue weighted by atomic mass is 10.2. The van der Waals surface area contributed by atoms with E-state index in [1.807, 2.05) is 19.1 Å². The van der Waals surface area contributed by atoms with Crippen LogP contribution in [-0.2, 0) is 4.74 Å². The third kappa shape index (κ3) is 4.04. The fourth-order valence-electron chi connectivity index (χ4n) is 2.31. The maximum Gasteiger partial charge on any atom is 0.409 e. The van der Waals surface area contributed by atoms with Gasteiger partial charge in [0.1, 0.15) is 0 Å². The van der Waals surface area contributed by atoms with E-state index in [9.17, 15) is 9.59 Å². The Morgan fingerprint density at radius 1 is 1.18 bits per heavy atom. The normalized spacial score (nSPS) is 15.2. The molecule has 7 heteroatoms. The first-order valence-corrected chi connectivity index (χ1v) is 7.54. The number of carbonyl (C=O) groups excluding carboxylic acids is 2. The van der Waals surface area contributed by atoms with Gasteiger partial charge in [-0.1, -0.05) is 17.7 Å². The molecule has 2 rings (SSSR count). The summed E-state index contributed by atoms with van der Waals surface area (Å²) in [6, 6.07) is 5.22. The number of nitrogens with one attached hydrogen (secondary N) is 1. The first-order chi connectivity index (χ1) is 10.5. The van der Waals surface area contributed by atoms with Gasteiger partial charge in [-0.2, -0.15) is 0 Å². The molecule has 1 heterocycles. The van der Waals surface area contributed by atoms with Crippen LogP contribution in [0.1, 0.15) is 12.0 Å². The summed E-state index contributed by atoms with van der Waals surface area (Å²) in [5.41, 5.74) is 1.62. The van der Waals surface area contributed by atoms with Crippen LogP contribution in [0.3, 0.4) is 0 Å². The average molecular weight is 326 g/mol. The van der Waals surface area contributed by atoms with Gasteiger partial charge in [0.25, 0.3) is 0 Å². The van der Waals surface area contributed by atoms with Crippen LogP contribution in [0.2, 0.25) is 5.02 Å². The molecule has 1 aliphatic rings. The number of hydrogen-bond donors (Lipinski definition) is 1. The fourth-order valence-corrected chi connectivity index (χ4v) is 2.49. The number of methoxy groups -OCH3 is 1. The molecule has 1 N–H and O–H groups in total. The van der Waals surface area contributed by atoms with Crippen LogP contribution in [0, 0.1) is 6.92 Å². The van der Waals surface area contributed by atoms with Gasteiger partial charge in [0.05, 0.1) is 7.11 Å². The number of hydrogen-bond acceptors (Lipinski definition) is 3. The summed E-state index contributed by atoms with van der Waals surface area (Å²) in [6.07, 6.45) is 0.365. The molecule has 6 nitrogen and oxygen atoms in total. The Kier molecular flexibility index (Phi) is 5.49. The highest BCUT2D eigenvalue weighted by atomic mass is 35.5. The van der Waals surface area contributed by atoms with Gasteiger partial charge in [-0.3, -0.25) is 0 Å². The van der Waals surface area contributed by atoms with Crippen molar-refractivity contribution >= 4 is 29.4 Å². The maximum absolute atomic E-state index is 12.3. The SMILES string of the molecule is COC(=O)N1CCCN(C(=O)Nc2ccc(C)c(Cl)c2)CC1. The fraction of sp³-hybridized carbons (Fsp3) is 0.467. The second-order valence-corrected chi connectivity index (χ2v) is 5.60. The number of urea groups is 1. The third-order valence-corrected chi connectivity index (χ3v) is 4.05. The predicted molar refractivity (Wildman–Crippen MR) is 85.4 cm³/mol. The molecule has 3 amide bonds. The standard InChI is InChI=1S/C15H20ClN3O3/c1-11-4-5-12(10-13(11)16)17-14(20)18-6-3-7-19(9-8-18)15(21)22-2/h4-5,10H,3,6-9H2,1-2H3,(H,17,20). The van der Waals surface area contributed by atoms with E-state index < -0.39 is 0 Å². The van der Waals surface area contributed by atoms with Crippen LogP contribution < -0.4 is 5.32 Å². The van der Waals surface area contributed by atoms with Crippen LogP contribution in [0.5, 0.6) is 0 Å². The Bertz CT molecular complexity index is 565. The van der Waals surface area contributed by atoms with E-state index in [4.69, 9.17) is 16.3 Å². The van der Waals surface area contributed by atoms with Crippen molar-refractivity contribution in [2.24, 2.45) is 0 Å². The van der Waals surface area contributed by atoms with Crippen molar-refractivity contribution in [3.8, 4) is 0 Å². The van der Waals surface area contributed by atoms with Crippen molar-refractivity contribution in [3.63, 3.8) is 0 Å². The lowest BCUT2D eigenvalue weighted by Crippen LogP contribution is -2.39. The van der Waals surface area contributed by atoms with Gasteiger partial charge >= 0.3 is 12.1 Å². The van der Waals surface area contributed by atoms with Gasteiger partial charge in [0.2, 0.25) is 0 Å². The maximum atomic E-state index is 12.3. The Hall–Kier alpha value is -1.95. The summed E-state index contributed by atoms with van der Waals surface area (Å²) in [5, 5.41) is 3.45. The Morgan fingerprint density at radius 2 is 1.86 bits per heavy atom. The summed E-state index contributed by atoms with van der Waals surface area (Å²) in [5.74, 6) is 0. The van der Waals surface area contributed by atoms with Crippen LogP contribution in [0.15, 0.2) is 18.2 Å². The van der Waals surface area contributed by atoms with Crippen molar-refractivity contribution in [3.05, 3.63) is 28.8 Å². The predicted octanol–water partition coefficient (Wildman–Crippen LogP) is 2.95. The molecule has 0 aromatic heterocycles. The molecule has 1 aromatic rings. The number of rotatable bonds is 1. The largest absolute Gasteiger partial charge is 0.453 e.